The van der Waals surface area contributed by atoms with E-state index >= 15 is 0 Å². The molecule has 0 aliphatic carbocycles. The van der Waals surface area contributed by atoms with E-state index in [0.717, 1.165) is 23.1 Å². The highest BCUT2D eigenvalue weighted by atomic mass is 16.5. The Morgan fingerprint density at radius 3 is 2.43 bits per heavy atom. The number of hydrogen-bond acceptors (Lipinski definition) is 6. The van der Waals surface area contributed by atoms with Crippen LogP contribution in [0.4, 0.5) is 0 Å². The van der Waals surface area contributed by atoms with Gasteiger partial charge in [-0.2, -0.15) is 4.98 Å². The minimum Gasteiger partial charge on any atom is -0.426 e. The molecule has 0 unspecified atom stereocenters. The van der Waals surface area contributed by atoms with E-state index in [1.54, 1.807) is 6.92 Å². The number of aryl methyl sites for hydroxylation is 3. The Bertz CT molecular complexity index is 671. The molecule has 0 aliphatic heterocycles. The van der Waals surface area contributed by atoms with E-state index in [2.05, 4.69) is 22.4 Å². The molecule has 0 saturated heterocycles. The van der Waals surface area contributed by atoms with E-state index in [-0.39, 0.29) is 12.0 Å². The fourth-order valence-electron chi connectivity index (χ4n) is 2.55. The number of ether oxygens (including phenoxy) is 1. The molecular weight excluding hydrogens is 294 g/mol. The molecule has 6 heteroatoms. The first kappa shape index (κ1) is 17.1. The molecule has 0 aliphatic rings. The van der Waals surface area contributed by atoms with Gasteiger partial charge in [0, 0.05) is 13.5 Å². The summed E-state index contributed by atoms with van der Waals surface area (Å²) in [6, 6.07) is 4.05. The topological polar surface area (TPSA) is 77.2 Å². The number of aromatic nitrogens is 2. The molecule has 2 aromatic rings. The van der Waals surface area contributed by atoms with Gasteiger partial charge in [0.1, 0.15) is 5.75 Å². The van der Waals surface area contributed by atoms with E-state index in [9.17, 15) is 4.79 Å². The fourth-order valence-corrected chi connectivity index (χ4v) is 2.55. The van der Waals surface area contributed by atoms with Crippen LogP contribution in [-0.2, 0) is 11.3 Å². The summed E-state index contributed by atoms with van der Waals surface area (Å²) >= 11 is 0. The third-order valence-corrected chi connectivity index (χ3v) is 3.57. The minimum atomic E-state index is -0.306. The summed E-state index contributed by atoms with van der Waals surface area (Å²) in [5.41, 5.74) is 3.00. The summed E-state index contributed by atoms with van der Waals surface area (Å²) in [6.07, 6.45) is 0.852. The maximum absolute atomic E-state index is 11.2. The van der Waals surface area contributed by atoms with Crippen LogP contribution in [0.15, 0.2) is 16.7 Å². The third-order valence-electron chi connectivity index (χ3n) is 3.57. The Kier molecular flexibility index (Phi) is 5.50. The number of rotatable bonds is 6. The van der Waals surface area contributed by atoms with Crippen LogP contribution >= 0.6 is 0 Å². The lowest BCUT2D eigenvalue weighted by Gasteiger charge is -2.15. The molecule has 1 aromatic carbocycles. The van der Waals surface area contributed by atoms with E-state index in [1.165, 1.54) is 6.92 Å². The van der Waals surface area contributed by atoms with Gasteiger partial charge in [-0.3, -0.25) is 4.79 Å². The number of benzene rings is 1. The van der Waals surface area contributed by atoms with Crippen molar-refractivity contribution in [2.75, 3.05) is 0 Å². The Hall–Kier alpha value is -2.21. The largest absolute Gasteiger partial charge is 0.426 e. The van der Waals surface area contributed by atoms with Crippen LogP contribution in [0.5, 0.6) is 5.75 Å². The molecule has 0 amide bonds. The second-order valence-corrected chi connectivity index (χ2v) is 5.67. The highest BCUT2D eigenvalue weighted by Gasteiger charge is 2.16. The quantitative estimate of drug-likeness (QED) is 0.651. The molecule has 0 radical (unpaired) electrons. The van der Waals surface area contributed by atoms with Gasteiger partial charge in [0.05, 0.1) is 6.04 Å². The Balaban J connectivity index is 2.09. The van der Waals surface area contributed by atoms with Crippen LogP contribution in [0.3, 0.4) is 0 Å². The highest BCUT2D eigenvalue weighted by Crippen LogP contribution is 2.25. The van der Waals surface area contributed by atoms with Gasteiger partial charge >= 0.3 is 5.97 Å². The van der Waals surface area contributed by atoms with E-state index in [1.807, 2.05) is 26.0 Å². The number of carbonyl (C=O) groups excluding carboxylic acids is 1. The molecular formula is C17H23N3O3. The van der Waals surface area contributed by atoms with E-state index in [4.69, 9.17) is 9.26 Å². The van der Waals surface area contributed by atoms with Crippen molar-refractivity contribution in [1.29, 1.82) is 0 Å². The smallest absolute Gasteiger partial charge is 0.308 e. The Labute approximate surface area is 136 Å². The zero-order chi connectivity index (χ0) is 17.0. The van der Waals surface area contributed by atoms with Gasteiger partial charge in [0.15, 0.2) is 5.82 Å². The summed E-state index contributed by atoms with van der Waals surface area (Å²) in [6.45, 7) is 9.83. The first-order valence-corrected chi connectivity index (χ1v) is 7.72. The molecule has 1 aromatic heterocycles. The predicted octanol–water partition coefficient (Wildman–Crippen LogP) is 3.16. The van der Waals surface area contributed by atoms with Crippen LogP contribution in [0.25, 0.3) is 0 Å². The fraction of sp³-hybridized carbons (Fsp3) is 0.471. The summed E-state index contributed by atoms with van der Waals surface area (Å²) in [5.74, 6) is 1.58. The minimum absolute atomic E-state index is 0.0185. The first-order valence-electron chi connectivity index (χ1n) is 7.72. The average Bonchev–Trinajstić information content (AvgIpc) is 2.90. The zero-order valence-electron chi connectivity index (χ0n) is 14.3. The molecule has 1 heterocycles. The highest BCUT2D eigenvalue weighted by molar-refractivity contribution is 5.70. The number of nitrogens with zero attached hydrogens (tertiary/aromatic N) is 2. The third kappa shape index (κ3) is 4.39. The maximum atomic E-state index is 11.2. The maximum Gasteiger partial charge on any atom is 0.308 e. The summed E-state index contributed by atoms with van der Waals surface area (Å²) < 4.78 is 10.5. The van der Waals surface area contributed by atoms with Gasteiger partial charge in [0.25, 0.3) is 0 Å². The predicted molar refractivity (Wildman–Crippen MR) is 86.1 cm³/mol. The second-order valence-electron chi connectivity index (χ2n) is 5.67. The number of nitrogens with one attached hydrogen (secondary N) is 1. The number of hydrogen-bond donors (Lipinski definition) is 1. The molecule has 6 nitrogen and oxygen atoms in total. The molecule has 0 fully saturated rings. The summed E-state index contributed by atoms with van der Waals surface area (Å²) in [5, 5.41) is 7.26. The summed E-state index contributed by atoms with van der Waals surface area (Å²) in [7, 11) is 0. The Morgan fingerprint density at radius 1 is 1.30 bits per heavy atom. The standard InChI is InChI=1S/C17H23N3O3/c1-6-15(17-19-12(4)20-23-17)18-9-14-7-10(2)16(11(3)8-14)22-13(5)21/h7-8,15,18H,6,9H2,1-5H3/t15-/m1/s1. The van der Waals surface area contributed by atoms with Crippen molar-refractivity contribution in [2.24, 2.45) is 0 Å². The lowest BCUT2D eigenvalue weighted by Crippen LogP contribution is -2.21. The van der Waals surface area contributed by atoms with Gasteiger partial charge in [-0.1, -0.05) is 24.2 Å². The lowest BCUT2D eigenvalue weighted by molar-refractivity contribution is -0.131. The van der Waals surface area contributed by atoms with Crippen molar-refractivity contribution in [2.45, 2.75) is 53.6 Å². The van der Waals surface area contributed by atoms with Crippen LogP contribution in [0.1, 0.15) is 54.7 Å². The van der Waals surface area contributed by atoms with Gasteiger partial charge < -0.3 is 14.6 Å². The van der Waals surface area contributed by atoms with E-state index in [0.29, 0.717) is 24.0 Å². The SMILES string of the molecule is CC[C@@H](NCc1cc(C)c(OC(C)=O)c(C)c1)c1nc(C)no1. The molecule has 0 spiro atoms. The normalized spacial score (nSPS) is 12.2. The molecule has 2 rings (SSSR count). The van der Waals surface area contributed by atoms with Gasteiger partial charge in [-0.25, -0.2) is 0 Å². The molecule has 0 bridgehead atoms. The second kappa shape index (κ2) is 7.37. The monoisotopic (exact) mass is 317 g/mol. The Morgan fingerprint density at radius 2 is 1.96 bits per heavy atom. The van der Waals surface area contributed by atoms with Gasteiger partial charge in [-0.15, -0.1) is 0 Å². The number of carbonyl (C=O) groups is 1. The van der Waals surface area contributed by atoms with Crippen LogP contribution in [0.2, 0.25) is 0 Å². The van der Waals surface area contributed by atoms with Crippen molar-refractivity contribution < 1.29 is 14.1 Å². The molecule has 1 atom stereocenters. The molecule has 124 valence electrons. The average molecular weight is 317 g/mol. The molecule has 23 heavy (non-hydrogen) atoms. The summed E-state index contributed by atoms with van der Waals surface area (Å²) in [4.78, 5) is 15.4. The molecule has 0 saturated carbocycles. The van der Waals surface area contributed by atoms with Crippen molar-refractivity contribution >= 4 is 5.97 Å². The van der Waals surface area contributed by atoms with E-state index < -0.39 is 0 Å². The zero-order valence-corrected chi connectivity index (χ0v) is 14.3. The molecule has 1 N–H and O–H groups in total. The van der Waals surface area contributed by atoms with Crippen LogP contribution < -0.4 is 10.1 Å². The van der Waals surface area contributed by atoms with Gasteiger partial charge in [-0.05, 0) is 43.9 Å². The first-order chi connectivity index (χ1) is 10.9. The van der Waals surface area contributed by atoms with Crippen molar-refractivity contribution in [3.63, 3.8) is 0 Å². The van der Waals surface area contributed by atoms with Crippen molar-refractivity contribution in [1.82, 2.24) is 15.5 Å². The number of esters is 1. The van der Waals surface area contributed by atoms with Crippen molar-refractivity contribution in [3.05, 3.63) is 40.5 Å². The van der Waals surface area contributed by atoms with Gasteiger partial charge in [0.2, 0.25) is 5.89 Å². The van der Waals surface area contributed by atoms with Crippen LogP contribution in [0, 0.1) is 20.8 Å². The van der Waals surface area contributed by atoms with Crippen molar-refractivity contribution in [3.8, 4) is 5.75 Å². The van der Waals surface area contributed by atoms with Crippen LogP contribution in [-0.4, -0.2) is 16.1 Å². The lowest BCUT2D eigenvalue weighted by atomic mass is 10.1.